The normalized spacial score (nSPS) is 11.1. The van der Waals surface area contributed by atoms with Crippen LogP contribution in [0.15, 0.2) is 46.9 Å². The summed E-state index contributed by atoms with van der Waals surface area (Å²) in [6, 6.07) is 11.6. The van der Waals surface area contributed by atoms with Gasteiger partial charge in [0.05, 0.1) is 15.1 Å². The highest BCUT2D eigenvalue weighted by Gasteiger charge is 2.22. The fourth-order valence-electron chi connectivity index (χ4n) is 2.74. The summed E-state index contributed by atoms with van der Waals surface area (Å²) in [7, 11) is 3.95. The van der Waals surface area contributed by atoms with Crippen LogP contribution in [-0.2, 0) is 0 Å². The van der Waals surface area contributed by atoms with Crippen molar-refractivity contribution in [1.29, 1.82) is 0 Å². The highest BCUT2D eigenvalue weighted by molar-refractivity contribution is 9.10. The first kappa shape index (κ1) is 20.4. The van der Waals surface area contributed by atoms with Gasteiger partial charge in [0, 0.05) is 28.7 Å². The van der Waals surface area contributed by atoms with E-state index in [9.17, 15) is 14.9 Å². The number of aromatic nitrogens is 1. The fraction of sp³-hybridized carbons (Fsp3) is 0.263. The molecule has 146 valence electrons. The van der Waals surface area contributed by atoms with Gasteiger partial charge in [0.1, 0.15) is 0 Å². The molecule has 1 heterocycles. The van der Waals surface area contributed by atoms with Crippen LogP contribution in [0.3, 0.4) is 0 Å². The van der Waals surface area contributed by atoms with E-state index in [0.717, 1.165) is 27.7 Å². The number of halogens is 1. The first-order chi connectivity index (χ1) is 13.3. The highest BCUT2D eigenvalue weighted by Crippen LogP contribution is 2.32. The summed E-state index contributed by atoms with van der Waals surface area (Å²) in [5.41, 5.74) is 0.986. The van der Waals surface area contributed by atoms with Gasteiger partial charge in [-0.3, -0.25) is 19.8 Å². The number of nitro benzene ring substituents is 1. The number of nitrogens with zero attached hydrogens (tertiary/aromatic N) is 4. The van der Waals surface area contributed by atoms with E-state index >= 15 is 0 Å². The molecule has 0 N–H and O–H groups in total. The monoisotopic (exact) mass is 462 g/mol. The van der Waals surface area contributed by atoms with Gasteiger partial charge in [0.25, 0.3) is 11.6 Å². The van der Waals surface area contributed by atoms with Gasteiger partial charge >= 0.3 is 0 Å². The summed E-state index contributed by atoms with van der Waals surface area (Å²) >= 11 is 4.88. The van der Waals surface area contributed by atoms with E-state index in [0.29, 0.717) is 11.7 Å². The third-order valence-electron chi connectivity index (χ3n) is 4.11. The number of hydrogen-bond acceptors (Lipinski definition) is 6. The second kappa shape index (κ2) is 8.76. The van der Waals surface area contributed by atoms with Crippen LogP contribution in [0.25, 0.3) is 10.2 Å². The molecule has 1 amide bonds. The molecule has 3 rings (SSSR count). The Morgan fingerprint density at radius 2 is 2.00 bits per heavy atom. The lowest BCUT2D eigenvalue weighted by Crippen LogP contribution is -2.33. The molecule has 0 radical (unpaired) electrons. The van der Waals surface area contributed by atoms with Crippen LogP contribution in [0.4, 0.5) is 10.8 Å². The average molecular weight is 463 g/mol. The van der Waals surface area contributed by atoms with Crippen molar-refractivity contribution in [2.75, 3.05) is 32.1 Å². The molecule has 9 heteroatoms. The molecule has 1 aromatic heterocycles. The summed E-state index contributed by atoms with van der Waals surface area (Å²) < 4.78 is 1.91. The largest absolute Gasteiger partial charge is 0.309 e. The Morgan fingerprint density at radius 1 is 1.21 bits per heavy atom. The molecular formula is C19H19BrN4O3S. The maximum absolute atomic E-state index is 13.2. The van der Waals surface area contributed by atoms with Crippen LogP contribution in [0.1, 0.15) is 16.8 Å². The number of nitro groups is 1. The maximum atomic E-state index is 13.2. The van der Waals surface area contributed by atoms with Crippen LogP contribution in [0.2, 0.25) is 0 Å². The van der Waals surface area contributed by atoms with Crippen LogP contribution in [0.5, 0.6) is 0 Å². The number of non-ortho nitro benzene ring substituents is 1. The van der Waals surface area contributed by atoms with Gasteiger partial charge in [-0.25, -0.2) is 4.98 Å². The Hall–Kier alpha value is -2.36. The standard InChI is InChI=1S/C19H19BrN4O3S/c1-22(2)9-4-10-23(18(25)13-5-3-6-15(11-13)24(26)27)19-21-16-8-7-14(20)12-17(16)28-19/h3,5-8,11-12H,4,9-10H2,1-2H3. The van der Waals surface area contributed by atoms with Crippen molar-refractivity contribution in [2.24, 2.45) is 0 Å². The number of carbonyl (C=O) groups is 1. The number of carbonyl (C=O) groups excluding carboxylic acids is 1. The average Bonchev–Trinajstić information content (AvgIpc) is 3.07. The fourth-order valence-corrected chi connectivity index (χ4v) is 4.28. The van der Waals surface area contributed by atoms with Crippen molar-refractivity contribution in [3.63, 3.8) is 0 Å². The Balaban J connectivity index is 1.96. The second-order valence-corrected chi connectivity index (χ2v) is 8.45. The zero-order valence-electron chi connectivity index (χ0n) is 15.5. The Morgan fingerprint density at radius 3 is 2.71 bits per heavy atom. The van der Waals surface area contributed by atoms with E-state index in [-0.39, 0.29) is 17.2 Å². The van der Waals surface area contributed by atoms with Crippen molar-refractivity contribution < 1.29 is 9.72 Å². The topological polar surface area (TPSA) is 79.6 Å². The third-order valence-corrected chi connectivity index (χ3v) is 5.64. The molecule has 7 nitrogen and oxygen atoms in total. The van der Waals surface area contributed by atoms with E-state index in [2.05, 4.69) is 20.9 Å². The van der Waals surface area contributed by atoms with Gasteiger partial charge in [-0.15, -0.1) is 0 Å². The van der Waals surface area contributed by atoms with Crippen molar-refractivity contribution in [3.8, 4) is 0 Å². The van der Waals surface area contributed by atoms with Gasteiger partial charge in [-0.1, -0.05) is 33.3 Å². The summed E-state index contributed by atoms with van der Waals surface area (Å²) in [6.45, 7) is 1.29. The van der Waals surface area contributed by atoms with Crippen LogP contribution >= 0.6 is 27.3 Å². The molecule has 2 aromatic carbocycles. The van der Waals surface area contributed by atoms with E-state index in [1.165, 1.54) is 29.5 Å². The number of benzene rings is 2. The minimum Gasteiger partial charge on any atom is -0.309 e. The lowest BCUT2D eigenvalue weighted by Gasteiger charge is -2.21. The van der Waals surface area contributed by atoms with E-state index in [4.69, 9.17) is 0 Å². The second-order valence-electron chi connectivity index (χ2n) is 6.53. The molecule has 0 saturated carbocycles. The molecular weight excluding hydrogens is 444 g/mol. The van der Waals surface area contributed by atoms with Crippen LogP contribution < -0.4 is 4.90 Å². The first-order valence-electron chi connectivity index (χ1n) is 8.62. The lowest BCUT2D eigenvalue weighted by atomic mass is 10.1. The molecule has 0 atom stereocenters. The predicted molar refractivity (Wildman–Crippen MR) is 115 cm³/mol. The molecule has 0 fully saturated rings. The molecule has 0 unspecified atom stereocenters. The van der Waals surface area contributed by atoms with Crippen molar-refractivity contribution in [2.45, 2.75) is 6.42 Å². The molecule has 0 bridgehead atoms. The van der Waals surface area contributed by atoms with E-state index in [1.807, 2.05) is 37.2 Å². The lowest BCUT2D eigenvalue weighted by molar-refractivity contribution is -0.384. The summed E-state index contributed by atoms with van der Waals surface area (Å²) in [4.78, 5) is 32.0. The Bertz CT molecular complexity index is 1020. The number of rotatable bonds is 7. The quantitative estimate of drug-likeness (QED) is 0.379. The minimum absolute atomic E-state index is 0.104. The third kappa shape index (κ3) is 4.73. The summed E-state index contributed by atoms with van der Waals surface area (Å²) in [5.74, 6) is -0.291. The number of anilines is 1. The zero-order valence-corrected chi connectivity index (χ0v) is 17.9. The van der Waals surface area contributed by atoms with Crippen molar-refractivity contribution in [1.82, 2.24) is 9.88 Å². The summed E-state index contributed by atoms with van der Waals surface area (Å²) in [6.07, 6.45) is 0.757. The summed E-state index contributed by atoms with van der Waals surface area (Å²) in [5, 5.41) is 11.7. The molecule has 28 heavy (non-hydrogen) atoms. The predicted octanol–water partition coefficient (Wildman–Crippen LogP) is 4.57. The SMILES string of the molecule is CN(C)CCCN(C(=O)c1cccc([N+](=O)[O-])c1)c1nc2ccc(Br)cc2s1. The van der Waals surface area contributed by atoms with Gasteiger partial charge in [-0.05, 0) is 51.3 Å². The minimum atomic E-state index is -0.498. The molecule has 0 spiro atoms. The van der Waals surface area contributed by atoms with Gasteiger partial charge in [-0.2, -0.15) is 0 Å². The number of hydrogen-bond donors (Lipinski definition) is 0. The Kier molecular flexibility index (Phi) is 6.38. The maximum Gasteiger partial charge on any atom is 0.270 e. The zero-order chi connectivity index (χ0) is 20.3. The van der Waals surface area contributed by atoms with Crippen molar-refractivity contribution in [3.05, 3.63) is 62.6 Å². The Labute approximate surface area is 174 Å². The molecule has 0 aliphatic heterocycles. The number of amides is 1. The van der Waals surface area contributed by atoms with Gasteiger partial charge < -0.3 is 4.90 Å². The smallest absolute Gasteiger partial charge is 0.270 e. The van der Waals surface area contributed by atoms with Crippen LogP contribution in [0, 0.1) is 10.1 Å². The molecule has 3 aromatic rings. The molecule has 0 aliphatic carbocycles. The van der Waals surface area contributed by atoms with Crippen LogP contribution in [-0.4, -0.2) is 47.9 Å². The molecule has 0 aliphatic rings. The van der Waals surface area contributed by atoms with Gasteiger partial charge in [0.15, 0.2) is 5.13 Å². The van der Waals surface area contributed by atoms with E-state index < -0.39 is 4.92 Å². The molecule has 0 saturated heterocycles. The number of thiazole rings is 1. The first-order valence-corrected chi connectivity index (χ1v) is 10.2. The highest BCUT2D eigenvalue weighted by atomic mass is 79.9. The number of fused-ring (bicyclic) bond motifs is 1. The van der Waals surface area contributed by atoms with E-state index in [1.54, 1.807) is 11.0 Å². The van der Waals surface area contributed by atoms with Gasteiger partial charge in [0.2, 0.25) is 0 Å². The van der Waals surface area contributed by atoms with Crippen molar-refractivity contribution >= 4 is 54.2 Å².